The van der Waals surface area contributed by atoms with Crippen LogP contribution in [-0.4, -0.2) is 11.2 Å². The largest absolute Gasteiger partial charge is 0.479 e. The maximum atomic E-state index is 17.5. The van der Waals surface area contributed by atoms with E-state index in [0.29, 0.717) is 22.9 Å². The summed E-state index contributed by atoms with van der Waals surface area (Å²) in [5.41, 5.74) is 2.62. The molecule has 0 saturated carbocycles. The first kappa shape index (κ1) is 48.8. The Bertz CT molecular complexity index is 3960. The quantitative estimate of drug-likeness (QED) is 0.0895. The summed E-state index contributed by atoms with van der Waals surface area (Å²) in [5.74, 6) is -10.6. The first-order valence-corrected chi connectivity index (χ1v) is 25.5. The van der Waals surface area contributed by atoms with Gasteiger partial charge in [-0.25, -0.2) is 22.0 Å². The van der Waals surface area contributed by atoms with Crippen LogP contribution in [0.4, 0.5) is 56.1 Å². The molecule has 0 atom stereocenters. The van der Waals surface area contributed by atoms with Gasteiger partial charge in [-0.2, -0.15) is 5.26 Å². The number of rotatable bonds is 7. The fourth-order valence-corrected chi connectivity index (χ4v) is 10.6. The number of benzene rings is 10. The Labute approximate surface area is 452 Å². The molecule has 10 aromatic carbocycles. The number of fused-ring (bicyclic) bond motifs is 5. The zero-order valence-electron chi connectivity index (χ0n) is 42.8. The molecule has 0 radical (unpaired) electrons. The summed E-state index contributed by atoms with van der Waals surface area (Å²) in [6.45, 7) is 6.80. The second kappa shape index (κ2) is 18.4. The van der Waals surface area contributed by atoms with Crippen molar-refractivity contribution in [3.63, 3.8) is 0 Å². The number of anilines is 6. The predicted molar refractivity (Wildman–Crippen MR) is 297 cm³/mol. The predicted octanol–water partition coefficient (Wildman–Crippen LogP) is 19.1. The minimum atomic E-state index is -2.36. The summed E-state index contributed by atoms with van der Waals surface area (Å²) in [4.78, 5) is 3.37. The average Bonchev–Trinajstić information content (AvgIpc) is 3.27. The number of hydrogen-bond acceptors (Lipinski definition) is 7. The molecule has 0 aliphatic carbocycles. The highest BCUT2D eigenvalue weighted by Crippen LogP contribution is 2.66. The van der Waals surface area contributed by atoms with Crippen LogP contribution in [-0.2, 0) is 0 Å². The highest BCUT2D eigenvalue weighted by atomic mass is 19.2. The van der Waals surface area contributed by atoms with Gasteiger partial charge < -0.3 is 23.8 Å². The summed E-state index contributed by atoms with van der Waals surface area (Å²) in [6.07, 6.45) is 0. The van der Waals surface area contributed by atoms with Gasteiger partial charge in [-0.05, 0) is 121 Å². The van der Waals surface area contributed by atoms with E-state index in [-0.39, 0.29) is 45.6 Å². The first-order valence-electron chi connectivity index (χ1n) is 25.5. The van der Waals surface area contributed by atoms with Crippen LogP contribution in [0.15, 0.2) is 194 Å². The number of nitriles is 1. The molecule has 0 spiro atoms. The van der Waals surface area contributed by atoms with E-state index in [1.165, 1.54) is 0 Å². The van der Waals surface area contributed by atoms with Crippen molar-refractivity contribution in [2.45, 2.75) is 38.9 Å². The van der Waals surface area contributed by atoms with Crippen LogP contribution in [0.3, 0.4) is 0 Å². The third-order valence-electron chi connectivity index (χ3n) is 15.2. The number of nitrogens with zero attached hydrogens (tertiary/aromatic N) is 3. The molecule has 0 N–H and O–H groups in total. The van der Waals surface area contributed by atoms with Crippen LogP contribution in [0.25, 0.3) is 55.6 Å². The van der Waals surface area contributed by atoms with Crippen LogP contribution < -0.4 is 28.7 Å². The smallest absolute Gasteiger partial charge is 0.200 e. The molecule has 10 aromatic rings. The van der Waals surface area contributed by atoms with E-state index in [2.05, 4.69) is 6.07 Å². The van der Waals surface area contributed by atoms with E-state index >= 15 is 22.0 Å². The molecule has 79 heavy (non-hydrogen) atoms. The Morgan fingerprint density at radius 1 is 0.354 bits per heavy atom. The molecule has 0 fully saturated rings. The second-order valence-corrected chi connectivity index (χ2v) is 20.5. The van der Waals surface area contributed by atoms with Gasteiger partial charge in [0.05, 0.1) is 45.3 Å². The third kappa shape index (κ3) is 7.83. The van der Waals surface area contributed by atoms with E-state index in [4.69, 9.17) is 18.9 Å². The van der Waals surface area contributed by atoms with Crippen LogP contribution in [0.1, 0.15) is 33.3 Å². The fraction of sp³-hybridized carbons (Fsp3) is 0.0896. The first-order chi connectivity index (χ1) is 38.2. The van der Waals surface area contributed by atoms with Gasteiger partial charge in [-0.1, -0.05) is 146 Å². The lowest BCUT2D eigenvalue weighted by Crippen LogP contribution is -2.56. The maximum Gasteiger partial charge on any atom is 0.200 e. The molecule has 7 nitrogen and oxygen atoms in total. The molecule has 0 aromatic heterocycles. The third-order valence-corrected chi connectivity index (χ3v) is 15.2. The fourth-order valence-electron chi connectivity index (χ4n) is 10.6. The van der Waals surface area contributed by atoms with Crippen LogP contribution in [0.2, 0.25) is 0 Å². The van der Waals surface area contributed by atoms with Gasteiger partial charge in [-0.15, -0.1) is 0 Å². The Kier molecular flexibility index (Phi) is 11.4. The Hall–Kier alpha value is -9.86. The topological polar surface area (TPSA) is 67.2 Å². The maximum absolute atomic E-state index is 17.5. The summed E-state index contributed by atoms with van der Waals surface area (Å²) in [7, 11) is 0. The van der Waals surface area contributed by atoms with Gasteiger partial charge in [0.1, 0.15) is 22.8 Å². The highest BCUT2D eigenvalue weighted by Gasteiger charge is 2.51. The van der Waals surface area contributed by atoms with Crippen molar-refractivity contribution in [2.24, 2.45) is 0 Å². The van der Waals surface area contributed by atoms with E-state index in [9.17, 15) is 5.26 Å². The van der Waals surface area contributed by atoms with E-state index in [1.807, 2.05) is 170 Å². The minimum Gasteiger partial charge on any atom is -0.479 e. The molecule has 0 unspecified atom stereocenters. The highest BCUT2D eigenvalue weighted by molar-refractivity contribution is 6.09. The van der Waals surface area contributed by atoms with Crippen molar-refractivity contribution in [2.75, 3.05) is 9.80 Å². The Morgan fingerprint density at radius 3 is 0.987 bits per heavy atom. The summed E-state index contributed by atoms with van der Waals surface area (Å²) in [5, 5.41) is 12.0. The monoisotopic (exact) mass is 1050 g/mol. The van der Waals surface area contributed by atoms with Crippen LogP contribution >= 0.6 is 0 Å². The van der Waals surface area contributed by atoms with Crippen molar-refractivity contribution in [3.8, 4) is 96.2 Å². The molecule has 12 heteroatoms. The van der Waals surface area contributed by atoms with Crippen molar-refractivity contribution in [1.82, 2.24) is 0 Å². The molecule has 13 rings (SSSR count). The van der Waals surface area contributed by atoms with Crippen molar-refractivity contribution >= 4 is 34.1 Å². The molecular weight excluding hydrogens is 1010 g/mol. The number of ether oxygens (including phenoxy) is 4. The molecule has 3 aliphatic heterocycles. The Balaban J connectivity index is 1.22. The van der Waals surface area contributed by atoms with E-state index in [0.717, 1.165) is 44.5 Å². The zero-order valence-corrected chi connectivity index (χ0v) is 42.8. The lowest BCUT2D eigenvalue weighted by molar-refractivity contribution is -0.0988. The minimum absolute atomic E-state index is 0.0805. The SMILES string of the molecule is CC1(C)Oc2c(C#N)c(N3c4ccc(-c5ccccc5)cc4Oc4cc(-c5ccccc5)ccc43)c(N3c4ccc(-c5ccccc5)cc4Oc4cc(-c5ccccc5)ccc43)c(-c3c(F)c(F)c(F)c(F)c3F)c2OC1(C)C. The van der Waals surface area contributed by atoms with Crippen LogP contribution in [0, 0.1) is 40.4 Å². The van der Waals surface area contributed by atoms with E-state index in [1.54, 1.807) is 61.8 Å². The number of halogens is 5. The molecule has 386 valence electrons. The summed E-state index contributed by atoms with van der Waals surface area (Å²) >= 11 is 0. The lowest BCUT2D eigenvalue weighted by Gasteiger charge is -2.48. The Morgan fingerprint density at radius 2 is 0.658 bits per heavy atom. The van der Waals surface area contributed by atoms with Gasteiger partial charge in [0.15, 0.2) is 57.8 Å². The number of hydrogen-bond donors (Lipinski definition) is 0. The standard InChI is InChI=1S/C67H44F5N3O4/c1-66(2)67(3,4)79-65-56(55-57(68)59(70)61(72)60(71)58(55)69)63(75-49-31-27-44(40-21-13-7-14-22-40)35-53(49)77-54-36-45(28-32-50(54)75)41-23-15-8-16-24-41)62(46(37-73)64(65)78-66)74-47-29-25-42(38-17-9-5-10-18-38)33-51(47)76-52-34-43(26-30-48(52)74)39-19-11-6-12-20-39/h5-36H,1-4H3. The molecule has 3 aliphatic rings. The lowest BCUT2D eigenvalue weighted by atomic mass is 9.85. The molecule has 0 bridgehead atoms. The van der Waals surface area contributed by atoms with Crippen molar-refractivity contribution < 1.29 is 40.9 Å². The van der Waals surface area contributed by atoms with E-state index < -0.39 is 57.2 Å². The van der Waals surface area contributed by atoms with Crippen molar-refractivity contribution in [3.05, 3.63) is 229 Å². The van der Waals surface area contributed by atoms with Gasteiger partial charge in [0.2, 0.25) is 5.82 Å². The van der Waals surface area contributed by atoms with Crippen molar-refractivity contribution in [1.29, 1.82) is 5.26 Å². The normalized spacial score (nSPS) is 14.2. The van der Waals surface area contributed by atoms with Crippen LogP contribution in [0.5, 0.6) is 34.5 Å². The molecular formula is C67H44F5N3O4. The van der Waals surface area contributed by atoms with Gasteiger partial charge >= 0.3 is 0 Å². The van der Waals surface area contributed by atoms with Gasteiger partial charge in [-0.3, -0.25) is 4.90 Å². The summed E-state index contributed by atoms with van der Waals surface area (Å²) in [6, 6.07) is 62.7. The average molecular weight is 1050 g/mol. The summed E-state index contributed by atoms with van der Waals surface area (Å²) < 4.78 is 111. The van der Waals surface area contributed by atoms with Gasteiger partial charge in [0, 0.05) is 0 Å². The molecule has 3 heterocycles. The molecule has 0 amide bonds. The van der Waals surface area contributed by atoms with Gasteiger partial charge in [0.25, 0.3) is 0 Å². The second-order valence-electron chi connectivity index (χ2n) is 20.5. The zero-order chi connectivity index (χ0) is 54.5. The molecule has 0 saturated heterocycles.